The normalized spacial score (nSPS) is 13.7. The van der Waals surface area contributed by atoms with Gasteiger partial charge in [-0.3, -0.25) is 14.4 Å². The summed E-state index contributed by atoms with van der Waals surface area (Å²) in [5.74, 6) is -1.93. The Hall–Kier alpha value is -4.51. The smallest absolute Gasteiger partial charge is 0.492 e. The quantitative estimate of drug-likeness (QED) is 0.183. The highest BCUT2D eigenvalue weighted by atomic mass is 16.8. The maximum atomic E-state index is 13.0. The van der Waals surface area contributed by atoms with Gasteiger partial charge in [0.25, 0.3) is 11.8 Å². The molecule has 11 heteroatoms. The van der Waals surface area contributed by atoms with Crippen LogP contribution in [0.3, 0.4) is 0 Å². The Morgan fingerprint density at radius 2 is 1.43 bits per heavy atom. The van der Waals surface area contributed by atoms with Gasteiger partial charge in [-0.2, -0.15) is 0 Å². The van der Waals surface area contributed by atoms with Crippen molar-refractivity contribution < 1.29 is 38.9 Å². The van der Waals surface area contributed by atoms with E-state index in [1.54, 1.807) is 31.4 Å². The van der Waals surface area contributed by atoms with Gasteiger partial charge in [0.15, 0.2) is 0 Å². The van der Waals surface area contributed by atoms with Crippen LogP contribution >= 0.6 is 0 Å². The lowest BCUT2D eigenvalue weighted by atomic mass is 9.95. The van der Waals surface area contributed by atoms with E-state index in [4.69, 9.17) is 14.3 Å². The van der Waals surface area contributed by atoms with Crippen LogP contribution in [0.25, 0.3) is 11.1 Å². The van der Waals surface area contributed by atoms with E-state index in [9.17, 15) is 24.6 Å². The van der Waals surface area contributed by atoms with Crippen LogP contribution in [0.15, 0.2) is 48.5 Å². The zero-order chi connectivity index (χ0) is 30.4. The summed E-state index contributed by atoms with van der Waals surface area (Å²) in [5.41, 5.74) is 3.85. The van der Waals surface area contributed by atoms with Crippen LogP contribution in [0.5, 0.6) is 11.8 Å². The van der Waals surface area contributed by atoms with Gasteiger partial charge in [-0.15, -0.1) is 4.73 Å². The monoisotopic (exact) mass is 579 g/mol. The van der Waals surface area contributed by atoms with E-state index >= 15 is 0 Å². The zero-order valence-electron chi connectivity index (χ0n) is 24.2. The van der Waals surface area contributed by atoms with Crippen molar-refractivity contribution in [2.24, 2.45) is 0 Å². The van der Waals surface area contributed by atoms with Crippen LogP contribution in [0.2, 0.25) is 0 Å². The van der Waals surface area contributed by atoms with Gasteiger partial charge in [0.1, 0.15) is 6.61 Å². The van der Waals surface area contributed by atoms with E-state index in [0.717, 1.165) is 53.6 Å². The summed E-state index contributed by atoms with van der Waals surface area (Å²) >= 11 is 0. The molecule has 42 heavy (non-hydrogen) atoms. The van der Waals surface area contributed by atoms with Crippen molar-refractivity contribution in [1.82, 2.24) is 15.4 Å². The van der Waals surface area contributed by atoms with E-state index in [0.29, 0.717) is 28.9 Å². The number of amides is 2. The number of ether oxygens (including phenoxy) is 2. The van der Waals surface area contributed by atoms with Crippen LogP contribution in [0, 0.1) is 0 Å². The molecule has 0 saturated carbocycles. The number of methoxy groups -OCH3 is 1. The van der Waals surface area contributed by atoms with Gasteiger partial charge in [-0.25, -0.2) is 4.79 Å². The standard InChI is InChI=1S/C31H37N3O8/c1-5-14-32-28(37)19-7-9-21-22-10-8-20(29(38)33-15-6-13-31(2,3)40-4)17-24(22)25(23(21)16-19)18-41-30(39)42-34-26(35)11-12-27(34)36/h7-12,16-17,25,35-36H,5-6,13-15,18H2,1-4H3,(H,32,37)(H,33,38). The second kappa shape index (κ2) is 13.0. The third-order valence-corrected chi connectivity index (χ3v) is 7.33. The lowest BCUT2D eigenvalue weighted by Gasteiger charge is -2.22. The summed E-state index contributed by atoms with van der Waals surface area (Å²) in [4.78, 5) is 43.1. The third-order valence-electron chi connectivity index (χ3n) is 7.33. The average molecular weight is 580 g/mol. The van der Waals surface area contributed by atoms with Crippen molar-refractivity contribution in [3.05, 3.63) is 70.8 Å². The molecule has 0 fully saturated rings. The molecule has 2 amide bonds. The summed E-state index contributed by atoms with van der Waals surface area (Å²) in [6, 6.07) is 13.0. The van der Waals surface area contributed by atoms with E-state index in [1.165, 1.54) is 0 Å². The summed E-state index contributed by atoms with van der Waals surface area (Å²) < 4.78 is 11.4. The fourth-order valence-corrected chi connectivity index (χ4v) is 4.83. The lowest BCUT2D eigenvalue weighted by molar-refractivity contribution is 0.0139. The first kappa shape index (κ1) is 30.4. The first-order valence-electron chi connectivity index (χ1n) is 13.9. The van der Waals surface area contributed by atoms with Crippen molar-refractivity contribution in [1.29, 1.82) is 0 Å². The second-order valence-electron chi connectivity index (χ2n) is 10.7. The Morgan fingerprint density at radius 1 is 0.881 bits per heavy atom. The number of carbonyl (C=O) groups excluding carboxylic acids is 3. The first-order chi connectivity index (χ1) is 20.0. The molecule has 4 rings (SSSR count). The van der Waals surface area contributed by atoms with E-state index < -0.39 is 23.8 Å². The van der Waals surface area contributed by atoms with Crippen LogP contribution in [-0.2, 0) is 9.47 Å². The zero-order valence-corrected chi connectivity index (χ0v) is 24.2. The number of rotatable bonds is 12. The van der Waals surface area contributed by atoms with Crippen LogP contribution in [-0.4, -0.2) is 65.3 Å². The Morgan fingerprint density at radius 3 is 1.95 bits per heavy atom. The van der Waals surface area contributed by atoms with Crippen molar-refractivity contribution in [2.45, 2.75) is 51.6 Å². The molecule has 11 nitrogen and oxygen atoms in total. The summed E-state index contributed by atoms with van der Waals surface area (Å²) in [6.07, 6.45) is 1.17. The highest BCUT2D eigenvalue weighted by molar-refractivity contribution is 5.98. The highest BCUT2D eigenvalue weighted by Crippen LogP contribution is 2.45. The van der Waals surface area contributed by atoms with Gasteiger partial charge in [-0.05, 0) is 79.6 Å². The molecule has 4 N–H and O–H groups in total. The number of benzene rings is 2. The van der Waals surface area contributed by atoms with Gasteiger partial charge in [-0.1, -0.05) is 19.1 Å². The van der Waals surface area contributed by atoms with Crippen LogP contribution in [0.4, 0.5) is 4.79 Å². The molecule has 0 saturated heterocycles. The number of aromatic nitrogens is 1. The molecule has 224 valence electrons. The van der Waals surface area contributed by atoms with Crippen LogP contribution in [0.1, 0.15) is 77.8 Å². The van der Waals surface area contributed by atoms with Crippen molar-refractivity contribution in [2.75, 3.05) is 26.8 Å². The lowest BCUT2D eigenvalue weighted by Crippen LogP contribution is -2.28. The molecule has 0 radical (unpaired) electrons. The molecule has 1 atom stereocenters. The minimum Gasteiger partial charge on any atom is -0.492 e. The highest BCUT2D eigenvalue weighted by Gasteiger charge is 2.32. The predicted octanol–water partition coefficient (Wildman–Crippen LogP) is 4.35. The molecule has 3 aromatic rings. The Bertz CT molecular complexity index is 1440. The number of hydrogen-bond donors (Lipinski definition) is 4. The summed E-state index contributed by atoms with van der Waals surface area (Å²) in [7, 11) is 1.66. The number of hydrogen-bond acceptors (Lipinski definition) is 8. The number of carbonyl (C=O) groups is 3. The Kier molecular flexibility index (Phi) is 9.41. The Balaban J connectivity index is 1.56. The largest absolute Gasteiger partial charge is 0.534 e. The minimum atomic E-state index is -1.16. The van der Waals surface area contributed by atoms with Gasteiger partial charge in [0.2, 0.25) is 11.8 Å². The predicted molar refractivity (Wildman–Crippen MR) is 155 cm³/mol. The van der Waals surface area contributed by atoms with Crippen LogP contribution < -0.4 is 15.5 Å². The van der Waals surface area contributed by atoms with Crippen molar-refractivity contribution in [3.8, 4) is 22.9 Å². The molecule has 2 aromatic carbocycles. The third kappa shape index (κ3) is 6.85. The van der Waals surface area contributed by atoms with Crippen molar-refractivity contribution in [3.63, 3.8) is 0 Å². The molecule has 1 aliphatic carbocycles. The maximum Gasteiger partial charge on any atom is 0.534 e. The number of nitrogens with zero attached hydrogens (tertiary/aromatic N) is 1. The Labute approximate surface area is 244 Å². The fourth-order valence-electron chi connectivity index (χ4n) is 4.83. The maximum absolute atomic E-state index is 13.0. The first-order valence-corrected chi connectivity index (χ1v) is 13.9. The molecule has 1 aromatic heterocycles. The topological polar surface area (TPSA) is 148 Å². The molecule has 1 heterocycles. The van der Waals surface area contributed by atoms with E-state index in [1.807, 2.05) is 32.9 Å². The molecule has 0 spiro atoms. The molecule has 1 aliphatic rings. The second-order valence-corrected chi connectivity index (χ2v) is 10.7. The summed E-state index contributed by atoms with van der Waals surface area (Å²) in [5, 5.41) is 25.3. The molecule has 0 bridgehead atoms. The molecule has 1 unspecified atom stereocenters. The van der Waals surface area contributed by atoms with E-state index in [2.05, 4.69) is 10.6 Å². The average Bonchev–Trinajstić information content (AvgIpc) is 3.47. The number of fused-ring (bicyclic) bond motifs is 3. The number of nitrogens with one attached hydrogen (secondary N) is 2. The minimum absolute atomic E-state index is 0.182. The van der Waals surface area contributed by atoms with Gasteiger partial charge < -0.3 is 30.3 Å². The fraction of sp³-hybridized carbons (Fsp3) is 0.387. The molecule has 0 aliphatic heterocycles. The van der Waals surface area contributed by atoms with E-state index in [-0.39, 0.29) is 24.0 Å². The van der Waals surface area contributed by atoms with Gasteiger partial charge in [0, 0.05) is 49.4 Å². The molecular formula is C31H37N3O8. The number of aromatic hydroxyl groups is 2. The van der Waals surface area contributed by atoms with Gasteiger partial charge in [0.05, 0.1) is 5.60 Å². The SMILES string of the molecule is CCCNC(=O)c1ccc2c(c1)C(COC(=O)On1c(O)ccc1O)c1cc(C(=O)NCCCC(C)(C)OC)ccc1-2. The molecular weight excluding hydrogens is 542 g/mol. The van der Waals surface area contributed by atoms with Crippen molar-refractivity contribution >= 4 is 18.0 Å². The van der Waals surface area contributed by atoms with Gasteiger partial charge >= 0.3 is 6.16 Å². The summed E-state index contributed by atoms with van der Waals surface area (Å²) in [6.45, 7) is 6.79.